The summed E-state index contributed by atoms with van der Waals surface area (Å²) in [6.45, 7) is 0. The highest BCUT2D eigenvalue weighted by atomic mass is 35.5. The molecule has 0 amide bonds. The summed E-state index contributed by atoms with van der Waals surface area (Å²) in [5, 5.41) is -0.0554. The Morgan fingerprint density at radius 3 is 2.47 bits per heavy atom. The maximum absolute atomic E-state index is 13.8. The van der Waals surface area contributed by atoms with Crippen LogP contribution < -0.4 is 4.74 Å². The van der Waals surface area contributed by atoms with Gasteiger partial charge in [0.1, 0.15) is 17.4 Å². The number of carbonyl (C=O) groups excluding carboxylic acids is 1. The van der Waals surface area contributed by atoms with Crippen molar-refractivity contribution in [3.63, 3.8) is 0 Å². The highest BCUT2D eigenvalue weighted by Crippen LogP contribution is 2.25. The summed E-state index contributed by atoms with van der Waals surface area (Å²) in [5.74, 6) is -2.10. The third-order valence-corrected chi connectivity index (χ3v) is 2.93. The van der Waals surface area contributed by atoms with Gasteiger partial charge in [-0.25, -0.2) is 8.78 Å². The van der Waals surface area contributed by atoms with Crippen LogP contribution in [0.5, 0.6) is 5.75 Å². The van der Waals surface area contributed by atoms with E-state index in [0.29, 0.717) is 0 Å². The van der Waals surface area contributed by atoms with Crippen LogP contribution in [0.3, 0.4) is 0 Å². The number of carbonyl (C=O) groups is 1. The predicted molar refractivity (Wildman–Crippen MR) is 67.8 cm³/mol. The normalized spacial score (nSPS) is 10.3. The maximum Gasteiger partial charge on any atom is 0.200 e. The number of halogens is 3. The van der Waals surface area contributed by atoms with E-state index in [1.807, 2.05) is 0 Å². The molecule has 0 saturated carbocycles. The average molecular weight is 283 g/mol. The first kappa shape index (κ1) is 13.5. The van der Waals surface area contributed by atoms with E-state index in [2.05, 4.69) is 0 Å². The number of rotatable bonds is 3. The van der Waals surface area contributed by atoms with Gasteiger partial charge in [-0.3, -0.25) is 4.79 Å². The Morgan fingerprint density at radius 1 is 1.16 bits per heavy atom. The van der Waals surface area contributed by atoms with Crippen LogP contribution in [0.1, 0.15) is 15.9 Å². The van der Waals surface area contributed by atoms with Gasteiger partial charge in [-0.2, -0.15) is 0 Å². The fourth-order valence-corrected chi connectivity index (χ4v) is 1.91. The molecule has 2 aromatic carbocycles. The van der Waals surface area contributed by atoms with Crippen molar-refractivity contribution in [1.82, 2.24) is 0 Å². The van der Waals surface area contributed by atoms with Crippen LogP contribution in [0.4, 0.5) is 8.78 Å². The molecule has 0 heterocycles. The Morgan fingerprint density at radius 2 is 1.89 bits per heavy atom. The zero-order valence-corrected chi connectivity index (χ0v) is 10.7. The van der Waals surface area contributed by atoms with E-state index in [4.69, 9.17) is 16.3 Å². The minimum Gasteiger partial charge on any atom is -0.497 e. The topological polar surface area (TPSA) is 26.3 Å². The Bertz CT molecular complexity index is 621. The SMILES string of the molecule is COc1ccc(C(=O)c2c(F)cccc2Cl)c(F)c1. The summed E-state index contributed by atoms with van der Waals surface area (Å²) in [7, 11) is 1.38. The first-order chi connectivity index (χ1) is 9.04. The number of hydrogen-bond donors (Lipinski definition) is 0. The lowest BCUT2D eigenvalue weighted by atomic mass is 10.0. The zero-order valence-electron chi connectivity index (χ0n) is 9.91. The minimum absolute atomic E-state index is 0.0554. The van der Waals surface area contributed by atoms with Crippen molar-refractivity contribution in [2.24, 2.45) is 0 Å². The van der Waals surface area contributed by atoms with Gasteiger partial charge in [-0.05, 0) is 24.3 Å². The van der Waals surface area contributed by atoms with Crippen LogP contribution in [0, 0.1) is 11.6 Å². The number of ether oxygens (including phenoxy) is 1. The molecule has 0 aliphatic carbocycles. The molecular formula is C14H9ClF2O2. The standard InChI is InChI=1S/C14H9ClF2O2/c1-19-8-5-6-9(12(17)7-8)14(18)13-10(15)3-2-4-11(13)16/h2-7H,1H3. The van der Waals surface area contributed by atoms with Crippen molar-refractivity contribution in [3.8, 4) is 5.75 Å². The van der Waals surface area contributed by atoms with E-state index in [1.54, 1.807) is 0 Å². The molecular weight excluding hydrogens is 274 g/mol. The molecule has 0 unspecified atom stereocenters. The molecule has 0 radical (unpaired) electrons. The van der Waals surface area contributed by atoms with Crippen LogP contribution in [-0.4, -0.2) is 12.9 Å². The van der Waals surface area contributed by atoms with Gasteiger partial charge < -0.3 is 4.74 Å². The minimum atomic E-state index is -0.803. The molecule has 0 aromatic heterocycles. The number of methoxy groups -OCH3 is 1. The van der Waals surface area contributed by atoms with Crippen LogP contribution in [0.15, 0.2) is 36.4 Å². The quantitative estimate of drug-likeness (QED) is 0.799. The Hall–Kier alpha value is -1.94. The van der Waals surface area contributed by atoms with E-state index in [9.17, 15) is 13.6 Å². The molecule has 2 nitrogen and oxygen atoms in total. The third-order valence-electron chi connectivity index (χ3n) is 2.61. The summed E-state index contributed by atoms with van der Waals surface area (Å²) >= 11 is 5.78. The second-order valence-electron chi connectivity index (χ2n) is 3.77. The largest absolute Gasteiger partial charge is 0.497 e. The van der Waals surface area contributed by atoms with Crippen LogP contribution in [-0.2, 0) is 0 Å². The monoisotopic (exact) mass is 282 g/mol. The maximum atomic E-state index is 13.8. The molecule has 0 aliphatic rings. The highest BCUT2D eigenvalue weighted by molar-refractivity contribution is 6.35. The van der Waals surface area contributed by atoms with E-state index < -0.39 is 17.4 Å². The van der Waals surface area contributed by atoms with Crippen molar-refractivity contribution in [2.45, 2.75) is 0 Å². The fourth-order valence-electron chi connectivity index (χ4n) is 1.66. The molecule has 5 heteroatoms. The first-order valence-electron chi connectivity index (χ1n) is 5.37. The van der Waals surface area contributed by atoms with Crippen molar-refractivity contribution in [1.29, 1.82) is 0 Å². The van der Waals surface area contributed by atoms with Crippen LogP contribution >= 0.6 is 11.6 Å². The summed E-state index contributed by atoms with van der Waals surface area (Å²) in [4.78, 5) is 12.1. The smallest absolute Gasteiger partial charge is 0.200 e. The van der Waals surface area contributed by atoms with Crippen LogP contribution in [0.2, 0.25) is 5.02 Å². The molecule has 0 atom stereocenters. The lowest BCUT2D eigenvalue weighted by molar-refractivity contribution is 0.103. The third kappa shape index (κ3) is 2.58. The summed E-state index contributed by atoms with van der Waals surface area (Å²) in [6, 6.07) is 7.56. The van der Waals surface area contributed by atoms with Gasteiger partial charge in [0, 0.05) is 6.07 Å². The van der Waals surface area contributed by atoms with Crippen LogP contribution in [0.25, 0.3) is 0 Å². The molecule has 0 aliphatic heterocycles. The Kier molecular flexibility index (Phi) is 3.81. The summed E-state index contributed by atoms with van der Waals surface area (Å²) in [5.41, 5.74) is -0.596. The molecule has 0 spiro atoms. The molecule has 0 N–H and O–H groups in total. The van der Waals surface area contributed by atoms with Gasteiger partial charge in [-0.1, -0.05) is 17.7 Å². The van der Waals surface area contributed by atoms with Gasteiger partial charge in [-0.15, -0.1) is 0 Å². The second-order valence-corrected chi connectivity index (χ2v) is 4.18. The molecule has 0 saturated heterocycles. The molecule has 2 aromatic rings. The van der Waals surface area contributed by atoms with Crippen molar-refractivity contribution >= 4 is 17.4 Å². The van der Waals surface area contributed by atoms with Crippen molar-refractivity contribution in [3.05, 3.63) is 64.2 Å². The lowest BCUT2D eigenvalue weighted by Gasteiger charge is -2.07. The summed E-state index contributed by atoms with van der Waals surface area (Å²) in [6.07, 6.45) is 0. The van der Waals surface area contributed by atoms with E-state index >= 15 is 0 Å². The average Bonchev–Trinajstić information content (AvgIpc) is 2.38. The van der Waals surface area contributed by atoms with Crippen molar-refractivity contribution < 1.29 is 18.3 Å². The number of ketones is 1. The molecule has 98 valence electrons. The van der Waals surface area contributed by atoms with Gasteiger partial charge in [0.05, 0.1) is 23.3 Å². The Balaban J connectivity index is 2.51. The zero-order chi connectivity index (χ0) is 14.0. The number of benzene rings is 2. The first-order valence-corrected chi connectivity index (χ1v) is 5.74. The predicted octanol–water partition coefficient (Wildman–Crippen LogP) is 3.86. The molecule has 2 rings (SSSR count). The van der Waals surface area contributed by atoms with E-state index in [-0.39, 0.29) is 21.9 Å². The molecule has 0 bridgehead atoms. The summed E-state index contributed by atoms with van der Waals surface area (Å²) < 4.78 is 32.2. The number of hydrogen-bond acceptors (Lipinski definition) is 2. The van der Waals surface area contributed by atoms with Gasteiger partial charge >= 0.3 is 0 Å². The van der Waals surface area contributed by atoms with Crippen molar-refractivity contribution in [2.75, 3.05) is 7.11 Å². The lowest BCUT2D eigenvalue weighted by Crippen LogP contribution is -2.07. The van der Waals surface area contributed by atoms with Gasteiger partial charge in [0.25, 0.3) is 0 Å². The molecule has 0 fully saturated rings. The fraction of sp³-hybridized carbons (Fsp3) is 0.0714. The van der Waals surface area contributed by atoms with E-state index in [0.717, 1.165) is 12.1 Å². The Labute approximate surface area is 113 Å². The van der Waals surface area contributed by atoms with E-state index in [1.165, 1.54) is 31.4 Å². The second kappa shape index (κ2) is 5.36. The van der Waals surface area contributed by atoms with Gasteiger partial charge in [0.2, 0.25) is 0 Å². The highest BCUT2D eigenvalue weighted by Gasteiger charge is 2.20. The molecule has 19 heavy (non-hydrogen) atoms. The van der Waals surface area contributed by atoms with Gasteiger partial charge in [0.15, 0.2) is 5.78 Å².